The van der Waals surface area contributed by atoms with Crippen molar-refractivity contribution in [1.82, 2.24) is 4.98 Å². The van der Waals surface area contributed by atoms with Gasteiger partial charge < -0.3 is 14.4 Å². The van der Waals surface area contributed by atoms with E-state index in [9.17, 15) is 27.9 Å². The van der Waals surface area contributed by atoms with Crippen molar-refractivity contribution in [3.63, 3.8) is 0 Å². The number of pyridine rings is 1. The Bertz CT molecular complexity index is 579. The first-order chi connectivity index (χ1) is 11.5. The lowest BCUT2D eigenvalue weighted by molar-refractivity contribution is -0.159. The van der Waals surface area contributed by atoms with Crippen molar-refractivity contribution in [3.05, 3.63) is 23.0 Å². The number of rotatable bonds is 6. The van der Waals surface area contributed by atoms with Gasteiger partial charge in [0.1, 0.15) is 5.75 Å². The maximum Gasteiger partial charge on any atom is 0.389 e. The number of carbonyl (C=O) groups is 2. The number of aromatic nitrogens is 1. The molecule has 0 saturated heterocycles. The molecule has 10 heteroatoms. The number of carbonyl (C=O) groups excluding carboxylic acids is 2. The highest BCUT2D eigenvalue weighted by Gasteiger charge is 2.28. The minimum atomic E-state index is -4.28. The molecule has 0 aromatic carbocycles. The van der Waals surface area contributed by atoms with Crippen LogP contribution in [0.4, 0.5) is 13.2 Å². The van der Waals surface area contributed by atoms with Crippen LogP contribution >= 0.6 is 9.47 Å². The molecule has 1 atom stereocenters. The Morgan fingerprint density at radius 3 is 2.48 bits per heavy atom. The van der Waals surface area contributed by atoms with Crippen molar-refractivity contribution in [2.45, 2.75) is 52.5 Å². The molecule has 1 N–H and O–H groups in total. The molecule has 0 amide bonds. The van der Waals surface area contributed by atoms with E-state index in [0.717, 1.165) is 0 Å². The van der Waals surface area contributed by atoms with E-state index < -0.39 is 25.0 Å². The van der Waals surface area contributed by atoms with Crippen LogP contribution in [0.2, 0.25) is 0 Å². The summed E-state index contributed by atoms with van der Waals surface area (Å²) in [5, 5.41) is 9.45. The van der Waals surface area contributed by atoms with Gasteiger partial charge in [-0.3, -0.25) is 14.6 Å². The molecule has 1 aromatic heterocycles. The van der Waals surface area contributed by atoms with Gasteiger partial charge in [-0.2, -0.15) is 13.2 Å². The summed E-state index contributed by atoms with van der Waals surface area (Å²) in [4.78, 5) is 25.1. The first-order valence-corrected chi connectivity index (χ1v) is 7.69. The van der Waals surface area contributed by atoms with Crippen LogP contribution in [0.1, 0.15) is 48.3 Å². The Morgan fingerprint density at radius 2 is 2.04 bits per heavy atom. The molecule has 0 aliphatic rings. The van der Waals surface area contributed by atoms with Gasteiger partial charge in [0.25, 0.3) is 0 Å². The predicted molar refractivity (Wildman–Crippen MR) is 87.0 cm³/mol. The molecule has 1 heterocycles. The summed E-state index contributed by atoms with van der Waals surface area (Å²) in [5.41, 5.74) is 1.26. The van der Waals surface area contributed by atoms with E-state index in [0.29, 0.717) is 17.5 Å². The largest absolute Gasteiger partial charge is 0.505 e. The van der Waals surface area contributed by atoms with Gasteiger partial charge in [0.2, 0.25) is 0 Å². The third-order valence-electron chi connectivity index (χ3n) is 2.69. The molecule has 0 saturated carbocycles. The smallest absolute Gasteiger partial charge is 0.389 e. The molecule has 0 radical (unpaired) electrons. The number of alkyl halides is 3. The third kappa shape index (κ3) is 9.99. The number of ether oxygens (including phenoxy) is 1. The third-order valence-corrected chi connectivity index (χ3v) is 2.86. The van der Waals surface area contributed by atoms with Crippen molar-refractivity contribution < 1.29 is 37.1 Å². The van der Waals surface area contributed by atoms with Crippen molar-refractivity contribution in [2.24, 2.45) is 0 Å². The Labute approximate surface area is 146 Å². The summed E-state index contributed by atoms with van der Waals surface area (Å²) in [6, 6.07) is 0. The van der Waals surface area contributed by atoms with Crippen LogP contribution in [-0.2, 0) is 20.7 Å². The summed E-state index contributed by atoms with van der Waals surface area (Å²) in [5.74, 6) is -0.878. The maximum atomic E-state index is 11.5. The van der Waals surface area contributed by atoms with Crippen molar-refractivity contribution in [2.75, 3.05) is 0 Å². The lowest BCUT2D eigenvalue weighted by atomic mass is 10.1. The molecule has 0 fully saturated rings. The zero-order chi connectivity index (χ0) is 19.6. The number of aromatic hydroxyl groups is 1. The normalized spacial score (nSPS) is 10.9. The van der Waals surface area contributed by atoms with Crippen LogP contribution in [0, 0.1) is 6.92 Å². The fourth-order valence-electron chi connectivity index (χ4n) is 1.55. The number of aryl methyl sites for hydroxylation is 1. The molecule has 25 heavy (non-hydrogen) atoms. The molecular formula is C15H21F3NO5P. The Kier molecular flexibility index (Phi) is 10.2. The Hall–Kier alpha value is -1.73. The fourth-order valence-corrected chi connectivity index (χ4v) is 1.73. The average Bonchev–Trinajstić information content (AvgIpc) is 2.49. The highest BCUT2D eigenvalue weighted by atomic mass is 31.0. The molecule has 0 aliphatic carbocycles. The topological polar surface area (TPSA) is 85.7 Å². The van der Waals surface area contributed by atoms with E-state index in [-0.39, 0.29) is 24.0 Å². The molecule has 1 rings (SSSR count). The monoisotopic (exact) mass is 383 g/mol. The average molecular weight is 383 g/mol. The number of halogens is 3. The van der Waals surface area contributed by atoms with Crippen LogP contribution in [0.25, 0.3) is 0 Å². The van der Waals surface area contributed by atoms with Crippen molar-refractivity contribution in [1.29, 1.82) is 0 Å². The first kappa shape index (κ1) is 23.3. The highest BCUT2D eigenvalue weighted by Crippen LogP contribution is 2.23. The van der Waals surface area contributed by atoms with Gasteiger partial charge in [-0.1, -0.05) is 0 Å². The van der Waals surface area contributed by atoms with Crippen LogP contribution < -0.4 is 0 Å². The summed E-state index contributed by atoms with van der Waals surface area (Å²) < 4.78 is 43.9. The number of hydrogen-bond acceptors (Lipinski definition) is 6. The minimum absolute atomic E-state index is 0.0745. The van der Waals surface area contributed by atoms with Gasteiger partial charge in [-0.15, -0.1) is 0 Å². The summed E-state index contributed by atoms with van der Waals surface area (Å²) >= 11 is 0. The SMILES string of the molecule is CC(C)OC(=O)CCC(F)(F)F.Cc1ncc(COP)c(C=O)c1O. The summed E-state index contributed by atoms with van der Waals surface area (Å²) in [7, 11) is 2.07. The molecule has 1 unspecified atom stereocenters. The molecule has 0 bridgehead atoms. The van der Waals surface area contributed by atoms with Gasteiger partial charge in [-0.25, -0.2) is 0 Å². The fraction of sp³-hybridized carbons (Fsp3) is 0.533. The predicted octanol–water partition coefficient (Wildman–Crippen LogP) is 3.50. The van der Waals surface area contributed by atoms with E-state index in [2.05, 4.69) is 19.2 Å². The van der Waals surface area contributed by atoms with Crippen LogP contribution in [0.15, 0.2) is 6.20 Å². The van der Waals surface area contributed by atoms with Gasteiger partial charge in [0, 0.05) is 21.2 Å². The molecule has 0 aliphatic heterocycles. The molecular weight excluding hydrogens is 362 g/mol. The highest BCUT2D eigenvalue weighted by molar-refractivity contribution is 7.09. The second-order valence-electron chi connectivity index (χ2n) is 5.21. The maximum absolute atomic E-state index is 11.5. The van der Waals surface area contributed by atoms with Crippen LogP contribution in [-0.4, -0.2) is 34.6 Å². The lowest BCUT2D eigenvalue weighted by Crippen LogP contribution is -2.15. The number of nitrogens with zero attached hydrogens (tertiary/aromatic N) is 1. The zero-order valence-electron chi connectivity index (χ0n) is 14.1. The zero-order valence-corrected chi connectivity index (χ0v) is 15.2. The standard InChI is InChI=1S/C8H10NO3P.C7H11F3O2/c1-5-8(11)7(3-10)6(2-9-5)4-12-13;1-5(2)12-6(11)3-4-7(8,9)10/h2-3,11H,4,13H2,1H3;5H,3-4H2,1-2H3. The van der Waals surface area contributed by atoms with Crippen LogP contribution in [0.5, 0.6) is 5.75 Å². The Morgan fingerprint density at radius 1 is 1.44 bits per heavy atom. The van der Waals surface area contributed by atoms with E-state index in [1.165, 1.54) is 6.20 Å². The molecule has 0 spiro atoms. The number of hydrogen-bond donors (Lipinski definition) is 1. The second-order valence-corrected chi connectivity index (χ2v) is 5.55. The number of aldehydes is 1. The van der Waals surface area contributed by atoms with E-state index in [4.69, 9.17) is 4.52 Å². The van der Waals surface area contributed by atoms with Gasteiger partial charge in [0.05, 0.1) is 36.8 Å². The van der Waals surface area contributed by atoms with Crippen molar-refractivity contribution in [3.8, 4) is 5.75 Å². The minimum Gasteiger partial charge on any atom is -0.505 e. The number of esters is 1. The quantitative estimate of drug-likeness (QED) is 0.460. The van der Waals surface area contributed by atoms with Gasteiger partial charge in [0.15, 0.2) is 6.29 Å². The second kappa shape index (κ2) is 11.0. The molecule has 1 aromatic rings. The molecule has 6 nitrogen and oxygen atoms in total. The molecule has 142 valence electrons. The van der Waals surface area contributed by atoms with E-state index in [1.54, 1.807) is 20.8 Å². The first-order valence-electron chi connectivity index (χ1n) is 7.22. The Balaban J connectivity index is 0.000000463. The van der Waals surface area contributed by atoms with Crippen LogP contribution in [0.3, 0.4) is 0 Å². The van der Waals surface area contributed by atoms with Gasteiger partial charge in [-0.05, 0) is 20.8 Å². The van der Waals surface area contributed by atoms with E-state index in [1.807, 2.05) is 0 Å². The summed E-state index contributed by atoms with van der Waals surface area (Å²) in [6.07, 6.45) is -4.23. The lowest BCUT2D eigenvalue weighted by Gasteiger charge is -2.08. The van der Waals surface area contributed by atoms with Gasteiger partial charge >= 0.3 is 12.1 Å². The van der Waals surface area contributed by atoms with Crippen molar-refractivity contribution >= 4 is 21.7 Å². The van der Waals surface area contributed by atoms with E-state index >= 15 is 0 Å². The summed E-state index contributed by atoms with van der Waals surface area (Å²) in [6.45, 7) is 5.05.